The summed E-state index contributed by atoms with van der Waals surface area (Å²) in [7, 11) is -0.335. The lowest BCUT2D eigenvalue weighted by Gasteiger charge is -2.48. The molecule has 3 aromatic carbocycles. The van der Waals surface area contributed by atoms with E-state index in [9.17, 15) is 29.4 Å². The molecule has 1 amide bonds. The van der Waals surface area contributed by atoms with Gasteiger partial charge in [0.15, 0.2) is 18.9 Å². The highest BCUT2D eigenvalue weighted by Gasteiger charge is 2.53. The summed E-state index contributed by atoms with van der Waals surface area (Å²) in [6.07, 6.45) is -15.2. The highest BCUT2D eigenvalue weighted by atomic mass is 35.5. The number of hydrogen-bond donors (Lipinski definition) is 5. The third kappa shape index (κ3) is 9.14. The van der Waals surface area contributed by atoms with Gasteiger partial charge in [-0.2, -0.15) is 0 Å². The third-order valence-corrected chi connectivity index (χ3v) is 10.4. The van der Waals surface area contributed by atoms with Crippen molar-refractivity contribution in [1.82, 2.24) is 0 Å². The molecule has 3 aliphatic heterocycles. The number of aliphatic hydroxyl groups is 4. The minimum absolute atomic E-state index is 0.00219. The Hall–Kier alpha value is -3.03. The summed E-state index contributed by atoms with van der Waals surface area (Å²) in [4.78, 5) is 11.7. The van der Waals surface area contributed by atoms with E-state index in [0.717, 1.165) is 11.1 Å². The highest BCUT2D eigenvalue weighted by Crippen LogP contribution is 2.36. The number of amides is 1. The van der Waals surface area contributed by atoms with Crippen LogP contribution in [0.4, 0.5) is 10.5 Å². The van der Waals surface area contributed by atoms with E-state index in [1.54, 1.807) is 12.1 Å². The van der Waals surface area contributed by atoms with Gasteiger partial charge >= 0.3 is 6.09 Å². The molecule has 0 radical (unpaired) electrons. The number of nitrogens with one attached hydrogen (secondary N) is 1. The molecular formula is C35H40ClNO13S. The third-order valence-electron chi connectivity index (χ3n) is 8.72. The van der Waals surface area contributed by atoms with Crippen LogP contribution in [0.25, 0.3) is 0 Å². The molecule has 3 aromatic rings. The molecule has 51 heavy (non-hydrogen) atoms. The Kier molecular flexibility index (Phi) is 12.7. The van der Waals surface area contributed by atoms with Crippen LogP contribution in [0, 0.1) is 0 Å². The van der Waals surface area contributed by atoms with Crippen molar-refractivity contribution in [1.29, 1.82) is 0 Å². The highest BCUT2D eigenvalue weighted by molar-refractivity contribution is 7.84. The van der Waals surface area contributed by atoms with E-state index in [0.29, 0.717) is 5.56 Å². The Morgan fingerprint density at radius 3 is 2.31 bits per heavy atom. The first-order chi connectivity index (χ1) is 24.6. The number of halogens is 1. The summed E-state index contributed by atoms with van der Waals surface area (Å²) in [6, 6.07) is 23.0. The molecule has 0 bridgehead atoms. The zero-order valence-corrected chi connectivity index (χ0v) is 29.0. The maximum Gasteiger partial charge on any atom is 0.411 e. The molecule has 6 rings (SSSR count). The van der Waals surface area contributed by atoms with Crippen molar-refractivity contribution < 1.29 is 62.6 Å². The van der Waals surface area contributed by atoms with Gasteiger partial charge in [-0.3, -0.25) is 9.53 Å². The number of rotatable bonds is 11. The summed E-state index contributed by atoms with van der Waals surface area (Å²) in [5.74, 6) is 0.0142. The molecule has 3 heterocycles. The predicted molar refractivity (Wildman–Crippen MR) is 182 cm³/mol. The van der Waals surface area contributed by atoms with Crippen LogP contribution in [0.15, 0.2) is 78.9 Å². The maximum absolute atomic E-state index is 13.4. The largest absolute Gasteiger partial charge is 0.453 e. The number of carbonyl (C=O) groups excluding carboxylic acids is 1. The van der Waals surface area contributed by atoms with Crippen LogP contribution in [0.5, 0.6) is 0 Å². The lowest BCUT2D eigenvalue weighted by molar-refractivity contribution is -0.384. The average Bonchev–Trinajstić information content (AvgIpc) is 3.14. The summed E-state index contributed by atoms with van der Waals surface area (Å²) < 4.78 is 53.9. The smallest absolute Gasteiger partial charge is 0.411 e. The summed E-state index contributed by atoms with van der Waals surface area (Å²) in [5.41, 5.74) is 2.33. The molecule has 2 unspecified atom stereocenters. The molecule has 3 aliphatic rings. The first kappa shape index (κ1) is 37.7. The lowest BCUT2D eigenvalue weighted by atomic mass is 9.96. The average molecular weight is 750 g/mol. The molecule has 5 N–H and O–H groups in total. The topological polar surface area (TPSA) is 192 Å². The van der Waals surface area contributed by atoms with E-state index in [-0.39, 0.29) is 35.4 Å². The molecule has 276 valence electrons. The van der Waals surface area contributed by atoms with Crippen molar-refractivity contribution in [2.24, 2.45) is 0 Å². The minimum atomic E-state index is -1.67. The summed E-state index contributed by atoms with van der Waals surface area (Å²) in [5, 5.41) is 47.5. The first-order valence-electron chi connectivity index (χ1n) is 16.3. The van der Waals surface area contributed by atoms with E-state index < -0.39 is 84.6 Å². The number of aliphatic hydroxyl groups excluding tert-OH is 4. The zero-order valence-electron chi connectivity index (χ0n) is 27.4. The zero-order chi connectivity index (χ0) is 36.1. The monoisotopic (exact) mass is 749 g/mol. The Morgan fingerprint density at radius 1 is 0.882 bits per heavy atom. The number of fused-ring (bicyclic) bond motifs is 1. The number of carbonyl (C=O) groups is 1. The Morgan fingerprint density at radius 2 is 1.59 bits per heavy atom. The quantitative estimate of drug-likeness (QED) is 0.192. The summed E-state index contributed by atoms with van der Waals surface area (Å²) >= 11 is 6.19. The number of methoxy groups -OCH3 is 1. The Balaban J connectivity index is 1.16. The van der Waals surface area contributed by atoms with Gasteiger partial charge in [0.2, 0.25) is 0 Å². The van der Waals surface area contributed by atoms with Crippen LogP contribution in [0.3, 0.4) is 0 Å². The van der Waals surface area contributed by atoms with Crippen molar-refractivity contribution in [3.63, 3.8) is 0 Å². The number of anilines is 1. The van der Waals surface area contributed by atoms with Crippen LogP contribution < -0.4 is 5.32 Å². The van der Waals surface area contributed by atoms with Gasteiger partial charge in [0.25, 0.3) is 0 Å². The fraction of sp³-hybridized carbons (Fsp3) is 0.457. The molecule has 0 saturated carbocycles. The van der Waals surface area contributed by atoms with Gasteiger partial charge in [0.05, 0.1) is 36.8 Å². The number of benzene rings is 3. The molecule has 0 aromatic heterocycles. The van der Waals surface area contributed by atoms with Crippen LogP contribution in [-0.4, -0.2) is 112 Å². The molecule has 3 fully saturated rings. The molecular weight excluding hydrogens is 710 g/mol. The Bertz CT molecular complexity index is 1620. The molecule has 16 heteroatoms. The van der Waals surface area contributed by atoms with E-state index >= 15 is 0 Å². The molecule has 14 nitrogen and oxygen atoms in total. The van der Waals surface area contributed by atoms with Gasteiger partial charge in [-0.15, -0.1) is 0 Å². The minimum Gasteiger partial charge on any atom is -0.453 e. The van der Waals surface area contributed by atoms with Crippen LogP contribution >= 0.6 is 11.6 Å². The van der Waals surface area contributed by atoms with Gasteiger partial charge in [-0.1, -0.05) is 78.3 Å². The second-order valence-corrected chi connectivity index (χ2v) is 14.2. The molecule has 0 spiro atoms. The lowest BCUT2D eigenvalue weighted by Crippen LogP contribution is -2.66. The van der Waals surface area contributed by atoms with Crippen molar-refractivity contribution in [3.8, 4) is 0 Å². The van der Waals surface area contributed by atoms with Crippen LogP contribution in [-0.2, 0) is 56.3 Å². The molecule has 12 atom stereocenters. The Labute approximate surface area is 301 Å². The normalized spacial score (nSPS) is 32.8. The fourth-order valence-corrected chi connectivity index (χ4v) is 7.55. The van der Waals surface area contributed by atoms with E-state index in [2.05, 4.69) is 10.1 Å². The second kappa shape index (κ2) is 17.2. The molecule has 0 aliphatic carbocycles. The van der Waals surface area contributed by atoms with E-state index in [1.165, 1.54) is 13.2 Å². The van der Waals surface area contributed by atoms with E-state index in [4.69, 9.17) is 40.0 Å². The van der Waals surface area contributed by atoms with E-state index in [1.807, 2.05) is 60.7 Å². The van der Waals surface area contributed by atoms with Gasteiger partial charge in [-0.05, 0) is 23.3 Å². The number of ether oxygens (including phenoxy) is 7. The van der Waals surface area contributed by atoms with Crippen molar-refractivity contribution in [2.75, 3.05) is 24.8 Å². The number of hydrogen-bond acceptors (Lipinski definition) is 13. The first-order valence-corrected chi connectivity index (χ1v) is 18.1. The van der Waals surface area contributed by atoms with Crippen LogP contribution in [0.1, 0.15) is 23.0 Å². The standard InChI is InChI=1S/C35H40ClNO13S/c1-44-35(42)37-23-14-20(12-13-22(23)36)15-45-33-28(40)26(38)31(25(48-33)18-51(43)17-19-8-4-2-5-9-19)50-34-29(41)27(39)30-24(47-34)16-46-32(49-30)21-10-6-3-7-11-21/h2-14,24-34,38-41H,15-18H2,1H3,(H,37,42)/t24-,25-,26-,27-,28-,29-,30-,31-,32?,33-,34-,51?/m1/s1. The predicted octanol–water partition coefficient (Wildman–Crippen LogP) is 2.38. The fourth-order valence-electron chi connectivity index (χ4n) is 6.07. The van der Waals surface area contributed by atoms with Gasteiger partial charge in [0.1, 0.15) is 48.8 Å². The van der Waals surface area contributed by atoms with Gasteiger partial charge in [0, 0.05) is 22.1 Å². The SMILES string of the molecule is COC(=O)Nc1cc(CO[C@@H]2O[C@H](CS(=O)Cc3ccccc3)[C@@H](O[C@H]3O[C@@H]4COC(c5ccccc5)O[C@H]4[C@H](O)[C@H]3O)[C@H](O)[C@H]2O)ccc1Cl. The van der Waals surface area contributed by atoms with Gasteiger partial charge in [-0.25, -0.2) is 4.79 Å². The summed E-state index contributed by atoms with van der Waals surface area (Å²) in [6.45, 7) is -0.140. The van der Waals surface area contributed by atoms with Crippen molar-refractivity contribution >= 4 is 34.2 Å². The molecule has 3 saturated heterocycles. The second-order valence-electron chi connectivity index (χ2n) is 12.3. The van der Waals surface area contributed by atoms with Crippen molar-refractivity contribution in [3.05, 3.63) is 101 Å². The van der Waals surface area contributed by atoms with Gasteiger partial charge < -0.3 is 53.6 Å². The van der Waals surface area contributed by atoms with Crippen LogP contribution in [0.2, 0.25) is 5.02 Å². The van der Waals surface area contributed by atoms with Crippen molar-refractivity contribution in [2.45, 2.75) is 80.1 Å². The maximum atomic E-state index is 13.4.